The van der Waals surface area contributed by atoms with E-state index in [1.807, 2.05) is 32.0 Å². The van der Waals surface area contributed by atoms with Crippen LogP contribution in [0.2, 0.25) is 0 Å². The summed E-state index contributed by atoms with van der Waals surface area (Å²) < 4.78 is 25.8. The molecule has 0 radical (unpaired) electrons. The summed E-state index contributed by atoms with van der Waals surface area (Å²) in [4.78, 5) is 11.5. The Morgan fingerprint density at radius 1 is 1.04 bits per heavy atom. The van der Waals surface area contributed by atoms with Crippen molar-refractivity contribution in [2.45, 2.75) is 32.1 Å². The lowest BCUT2D eigenvalue weighted by Crippen LogP contribution is -2.18. The van der Waals surface area contributed by atoms with Gasteiger partial charge in [0.25, 0.3) is 0 Å². The molecular formula is C18H22N2O3S. The van der Waals surface area contributed by atoms with Gasteiger partial charge >= 0.3 is 0 Å². The number of carbonyl (C=O) groups is 1. The predicted octanol–water partition coefficient (Wildman–Crippen LogP) is 2.76. The molecule has 0 unspecified atom stereocenters. The van der Waals surface area contributed by atoms with E-state index in [0.29, 0.717) is 6.42 Å². The summed E-state index contributed by atoms with van der Waals surface area (Å²) in [6, 6.07) is 10.9. The number of rotatable bonds is 5. The number of benzene rings is 2. The first-order valence-corrected chi connectivity index (χ1v) is 9.11. The van der Waals surface area contributed by atoms with Crippen LogP contribution in [0.15, 0.2) is 41.3 Å². The summed E-state index contributed by atoms with van der Waals surface area (Å²) in [5.41, 5.74) is 5.07. The van der Waals surface area contributed by atoms with Crippen LogP contribution in [0.5, 0.6) is 0 Å². The van der Waals surface area contributed by atoms with Crippen LogP contribution in [0.25, 0.3) is 0 Å². The minimum absolute atomic E-state index is 0.0911. The van der Waals surface area contributed by atoms with Gasteiger partial charge in [-0.15, -0.1) is 0 Å². The van der Waals surface area contributed by atoms with Crippen LogP contribution >= 0.6 is 0 Å². The van der Waals surface area contributed by atoms with Crippen LogP contribution < -0.4 is 10.0 Å². The molecule has 0 aliphatic carbocycles. The van der Waals surface area contributed by atoms with E-state index in [2.05, 4.69) is 16.1 Å². The van der Waals surface area contributed by atoms with Crippen molar-refractivity contribution < 1.29 is 13.2 Å². The molecule has 128 valence electrons. The lowest BCUT2D eigenvalue weighted by atomic mass is 9.97. The topological polar surface area (TPSA) is 75.3 Å². The minimum atomic E-state index is -3.41. The number of nitrogens with one attached hydrogen (secondary N) is 2. The maximum absolute atomic E-state index is 11.7. The van der Waals surface area contributed by atoms with E-state index in [-0.39, 0.29) is 10.8 Å². The Bertz CT molecular complexity index is 857. The van der Waals surface area contributed by atoms with E-state index < -0.39 is 10.0 Å². The minimum Gasteiger partial charge on any atom is -0.326 e. The molecule has 5 nitrogen and oxygen atoms in total. The highest BCUT2D eigenvalue weighted by atomic mass is 32.2. The van der Waals surface area contributed by atoms with Crippen molar-refractivity contribution in [2.24, 2.45) is 0 Å². The second-order valence-electron chi connectivity index (χ2n) is 5.80. The zero-order chi connectivity index (χ0) is 17.9. The van der Waals surface area contributed by atoms with Gasteiger partial charge in [0.2, 0.25) is 15.9 Å². The van der Waals surface area contributed by atoms with Crippen molar-refractivity contribution in [1.82, 2.24) is 4.72 Å². The third-order valence-electron chi connectivity index (χ3n) is 3.89. The van der Waals surface area contributed by atoms with E-state index in [1.165, 1.54) is 14.0 Å². The molecule has 2 N–H and O–H groups in total. The zero-order valence-electron chi connectivity index (χ0n) is 14.3. The lowest BCUT2D eigenvalue weighted by molar-refractivity contribution is -0.114. The fraction of sp³-hybridized carbons (Fsp3) is 0.278. The number of amides is 1. The van der Waals surface area contributed by atoms with Gasteiger partial charge in [-0.2, -0.15) is 0 Å². The Kier molecular flexibility index (Phi) is 5.41. The number of carbonyl (C=O) groups excluding carboxylic acids is 1. The molecule has 0 fully saturated rings. The molecule has 24 heavy (non-hydrogen) atoms. The lowest BCUT2D eigenvalue weighted by Gasteiger charge is -2.13. The normalized spacial score (nSPS) is 11.3. The molecule has 2 aromatic rings. The van der Waals surface area contributed by atoms with Crippen molar-refractivity contribution in [2.75, 3.05) is 12.4 Å². The first-order valence-electron chi connectivity index (χ1n) is 7.63. The molecule has 0 aromatic heterocycles. The van der Waals surface area contributed by atoms with E-state index in [0.717, 1.165) is 27.9 Å². The summed E-state index contributed by atoms with van der Waals surface area (Å²) in [7, 11) is -2.02. The van der Waals surface area contributed by atoms with Crippen LogP contribution in [0.1, 0.15) is 29.2 Å². The summed E-state index contributed by atoms with van der Waals surface area (Å²) in [5.74, 6) is -0.0911. The van der Waals surface area contributed by atoms with Gasteiger partial charge in [-0.25, -0.2) is 13.1 Å². The molecule has 0 spiro atoms. The molecule has 1 amide bonds. The van der Waals surface area contributed by atoms with Crippen LogP contribution in [0.4, 0.5) is 5.69 Å². The molecule has 0 bridgehead atoms. The van der Waals surface area contributed by atoms with Crippen molar-refractivity contribution in [3.8, 4) is 0 Å². The largest absolute Gasteiger partial charge is 0.326 e. The van der Waals surface area contributed by atoms with Crippen LogP contribution in [-0.2, 0) is 21.2 Å². The Morgan fingerprint density at radius 2 is 1.67 bits per heavy atom. The van der Waals surface area contributed by atoms with Gasteiger partial charge in [0, 0.05) is 12.6 Å². The van der Waals surface area contributed by atoms with Crippen LogP contribution in [0, 0.1) is 13.8 Å². The van der Waals surface area contributed by atoms with E-state index in [4.69, 9.17) is 0 Å². The maximum atomic E-state index is 11.7. The number of sulfonamides is 1. The highest BCUT2D eigenvalue weighted by molar-refractivity contribution is 7.89. The standard InChI is InChI=1S/C18H22N2O3S/c1-12-10-18(20-14(3)21)13(2)9-16(12)11-15-5-7-17(8-6-15)24(22,23)19-4/h5-10,19H,11H2,1-4H3,(H,20,21). The molecular weight excluding hydrogens is 324 g/mol. The number of anilines is 1. The Morgan fingerprint density at radius 3 is 2.21 bits per heavy atom. The quantitative estimate of drug-likeness (QED) is 0.874. The molecule has 2 rings (SSSR count). The third kappa shape index (κ3) is 4.21. The molecule has 0 aliphatic rings. The van der Waals surface area contributed by atoms with Gasteiger partial charge in [0.1, 0.15) is 0 Å². The monoisotopic (exact) mass is 346 g/mol. The van der Waals surface area contributed by atoms with Gasteiger partial charge < -0.3 is 5.32 Å². The fourth-order valence-corrected chi connectivity index (χ4v) is 3.25. The van der Waals surface area contributed by atoms with Crippen molar-refractivity contribution >= 4 is 21.6 Å². The van der Waals surface area contributed by atoms with E-state index in [9.17, 15) is 13.2 Å². The van der Waals surface area contributed by atoms with Crippen LogP contribution in [-0.4, -0.2) is 21.4 Å². The molecule has 6 heteroatoms. The number of hydrogen-bond acceptors (Lipinski definition) is 3. The van der Waals surface area contributed by atoms with Gasteiger partial charge in [0.15, 0.2) is 0 Å². The Labute approximate surface area is 143 Å². The van der Waals surface area contributed by atoms with Gasteiger partial charge in [-0.05, 0) is 67.8 Å². The third-order valence-corrected chi connectivity index (χ3v) is 5.32. The SMILES string of the molecule is CNS(=O)(=O)c1ccc(Cc2cc(C)c(NC(C)=O)cc2C)cc1. The molecule has 2 aromatic carbocycles. The van der Waals surface area contributed by atoms with Gasteiger partial charge in [0.05, 0.1) is 4.90 Å². The van der Waals surface area contributed by atoms with E-state index >= 15 is 0 Å². The number of aryl methyl sites for hydroxylation is 2. The second-order valence-corrected chi connectivity index (χ2v) is 7.69. The number of hydrogen-bond donors (Lipinski definition) is 2. The van der Waals surface area contributed by atoms with Crippen molar-refractivity contribution in [3.05, 3.63) is 58.7 Å². The second kappa shape index (κ2) is 7.15. The average Bonchev–Trinajstić information content (AvgIpc) is 2.52. The molecule has 0 heterocycles. The maximum Gasteiger partial charge on any atom is 0.240 e. The zero-order valence-corrected chi connectivity index (χ0v) is 15.1. The highest BCUT2D eigenvalue weighted by Gasteiger charge is 2.11. The summed E-state index contributed by atoms with van der Waals surface area (Å²) in [6.07, 6.45) is 0.701. The van der Waals surface area contributed by atoms with Crippen molar-refractivity contribution in [1.29, 1.82) is 0 Å². The summed E-state index contributed by atoms with van der Waals surface area (Å²) >= 11 is 0. The molecule has 0 aliphatic heterocycles. The first kappa shape index (κ1) is 18.2. The molecule has 0 saturated heterocycles. The van der Waals surface area contributed by atoms with E-state index in [1.54, 1.807) is 12.1 Å². The predicted molar refractivity (Wildman–Crippen MR) is 95.7 cm³/mol. The van der Waals surface area contributed by atoms with Crippen molar-refractivity contribution in [3.63, 3.8) is 0 Å². The summed E-state index contributed by atoms with van der Waals surface area (Å²) in [5, 5.41) is 2.82. The average molecular weight is 346 g/mol. The Balaban J connectivity index is 2.25. The Hall–Kier alpha value is -2.18. The van der Waals surface area contributed by atoms with Gasteiger partial charge in [-0.3, -0.25) is 4.79 Å². The van der Waals surface area contributed by atoms with Crippen LogP contribution in [0.3, 0.4) is 0 Å². The molecule has 0 atom stereocenters. The fourth-order valence-electron chi connectivity index (χ4n) is 2.51. The van der Waals surface area contributed by atoms with Gasteiger partial charge in [-0.1, -0.05) is 18.2 Å². The molecule has 0 saturated carbocycles. The first-order chi connectivity index (χ1) is 11.2. The highest BCUT2D eigenvalue weighted by Crippen LogP contribution is 2.23. The summed E-state index contributed by atoms with van der Waals surface area (Å²) in [6.45, 7) is 5.44. The smallest absolute Gasteiger partial charge is 0.240 e.